The zero-order valence-corrected chi connectivity index (χ0v) is 14.3. The van der Waals surface area contributed by atoms with Crippen molar-refractivity contribution in [3.05, 3.63) is 30.1 Å². The number of piperidine rings is 1. The van der Waals surface area contributed by atoms with Crippen molar-refractivity contribution in [2.24, 2.45) is 7.05 Å². The zero-order valence-electron chi connectivity index (χ0n) is 14.3. The SMILES string of the molecule is CC(=O)N1CCOC2CCN(Cc3nc4ccccc4n3C)CC21. The first kappa shape index (κ1) is 15.6. The Morgan fingerprint density at radius 2 is 2.17 bits per heavy atom. The number of carbonyl (C=O) groups excluding carboxylic acids is 1. The number of rotatable bonds is 2. The van der Waals surface area contributed by atoms with Gasteiger partial charge in [0.25, 0.3) is 0 Å². The summed E-state index contributed by atoms with van der Waals surface area (Å²) in [6.45, 7) is 5.67. The van der Waals surface area contributed by atoms with Gasteiger partial charge in [-0.05, 0) is 18.6 Å². The normalized spacial score (nSPS) is 25.0. The number of likely N-dealkylation sites (tertiary alicyclic amines) is 1. The van der Waals surface area contributed by atoms with Gasteiger partial charge in [0.15, 0.2) is 0 Å². The molecular weight excluding hydrogens is 304 g/mol. The highest BCUT2D eigenvalue weighted by Gasteiger charge is 2.38. The van der Waals surface area contributed by atoms with Gasteiger partial charge in [0.2, 0.25) is 5.91 Å². The quantitative estimate of drug-likeness (QED) is 0.836. The Kier molecular flexibility index (Phi) is 4.02. The number of hydrogen-bond acceptors (Lipinski definition) is 4. The summed E-state index contributed by atoms with van der Waals surface area (Å²) in [6.07, 6.45) is 1.15. The maximum Gasteiger partial charge on any atom is 0.219 e. The molecule has 3 heterocycles. The fourth-order valence-electron chi connectivity index (χ4n) is 4.01. The fraction of sp³-hybridized carbons (Fsp3) is 0.556. The minimum Gasteiger partial charge on any atom is -0.374 e. The summed E-state index contributed by atoms with van der Waals surface area (Å²) in [6, 6.07) is 8.39. The van der Waals surface area contributed by atoms with Crippen LogP contribution in [0.25, 0.3) is 11.0 Å². The van der Waals surface area contributed by atoms with Crippen molar-refractivity contribution in [3.63, 3.8) is 0 Å². The van der Waals surface area contributed by atoms with Crippen LogP contribution >= 0.6 is 0 Å². The molecular formula is C18H24N4O2. The average molecular weight is 328 g/mol. The van der Waals surface area contributed by atoms with Crippen LogP contribution in [-0.4, -0.2) is 63.6 Å². The third kappa shape index (κ3) is 2.70. The second kappa shape index (κ2) is 6.18. The topological polar surface area (TPSA) is 50.6 Å². The Morgan fingerprint density at radius 1 is 1.33 bits per heavy atom. The van der Waals surface area contributed by atoms with Crippen molar-refractivity contribution in [1.82, 2.24) is 19.4 Å². The number of morpholine rings is 1. The lowest BCUT2D eigenvalue weighted by Gasteiger charge is -2.46. The number of amides is 1. The number of para-hydroxylation sites is 2. The van der Waals surface area contributed by atoms with Crippen molar-refractivity contribution in [2.45, 2.75) is 32.0 Å². The number of imidazole rings is 1. The van der Waals surface area contributed by atoms with Crippen molar-refractivity contribution >= 4 is 16.9 Å². The monoisotopic (exact) mass is 328 g/mol. The van der Waals surface area contributed by atoms with Gasteiger partial charge in [-0.25, -0.2) is 4.98 Å². The minimum atomic E-state index is 0.151. The highest BCUT2D eigenvalue weighted by molar-refractivity contribution is 5.75. The van der Waals surface area contributed by atoms with Crippen LogP contribution in [0.4, 0.5) is 0 Å². The number of nitrogens with zero attached hydrogens (tertiary/aromatic N) is 4. The number of ether oxygens (including phenoxy) is 1. The summed E-state index contributed by atoms with van der Waals surface area (Å²) in [4.78, 5) is 21.1. The molecule has 0 spiro atoms. The standard InChI is InChI=1S/C18H24N4O2/c1-13(23)22-9-10-24-17-7-8-21(11-16(17)22)12-18-19-14-5-3-4-6-15(14)20(18)2/h3-6,16-17H,7-12H2,1-2H3. The number of carbonyl (C=O) groups is 1. The van der Waals surface area contributed by atoms with Crippen LogP contribution in [0.3, 0.4) is 0 Å². The number of aromatic nitrogens is 2. The molecule has 1 amide bonds. The number of aryl methyl sites for hydroxylation is 1. The second-order valence-corrected chi connectivity index (χ2v) is 6.79. The molecule has 128 valence electrons. The lowest BCUT2D eigenvalue weighted by Crippen LogP contribution is -2.60. The minimum absolute atomic E-state index is 0.151. The van der Waals surface area contributed by atoms with Gasteiger partial charge < -0.3 is 14.2 Å². The Morgan fingerprint density at radius 3 is 2.96 bits per heavy atom. The lowest BCUT2D eigenvalue weighted by atomic mass is 9.98. The van der Waals surface area contributed by atoms with E-state index in [2.05, 4.69) is 28.6 Å². The summed E-state index contributed by atoms with van der Waals surface area (Å²) in [5, 5.41) is 0. The van der Waals surface area contributed by atoms with Crippen molar-refractivity contribution in [1.29, 1.82) is 0 Å². The van der Waals surface area contributed by atoms with E-state index in [1.807, 2.05) is 17.0 Å². The molecule has 0 N–H and O–H groups in total. The van der Waals surface area contributed by atoms with Gasteiger partial charge >= 0.3 is 0 Å². The van der Waals surface area contributed by atoms with Gasteiger partial charge in [0.1, 0.15) is 5.82 Å². The molecule has 6 heteroatoms. The van der Waals surface area contributed by atoms with Crippen molar-refractivity contribution in [3.8, 4) is 0 Å². The van der Waals surface area contributed by atoms with Gasteiger partial charge in [0.05, 0.1) is 36.3 Å². The average Bonchev–Trinajstić information content (AvgIpc) is 2.90. The zero-order chi connectivity index (χ0) is 16.7. The van der Waals surface area contributed by atoms with E-state index in [4.69, 9.17) is 9.72 Å². The van der Waals surface area contributed by atoms with Crippen molar-refractivity contribution < 1.29 is 9.53 Å². The van der Waals surface area contributed by atoms with E-state index < -0.39 is 0 Å². The summed E-state index contributed by atoms with van der Waals surface area (Å²) in [5.74, 6) is 1.22. The first-order valence-electron chi connectivity index (χ1n) is 8.65. The maximum absolute atomic E-state index is 11.9. The fourth-order valence-corrected chi connectivity index (χ4v) is 4.01. The molecule has 2 unspecified atom stereocenters. The molecule has 2 atom stereocenters. The molecule has 24 heavy (non-hydrogen) atoms. The highest BCUT2D eigenvalue weighted by Crippen LogP contribution is 2.25. The molecule has 6 nitrogen and oxygen atoms in total. The summed E-state index contributed by atoms with van der Waals surface area (Å²) in [7, 11) is 2.07. The summed E-state index contributed by atoms with van der Waals surface area (Å²) >= 11 is 0. The third-order valence-corrected chi connectivity index (χ3v) is 5.32. The highest BCUT2D eigenvalue weighted by atomic mass is 16.5. The Bertz CT molecular complexity index is 757. The van der Waals surface area contributed by atoms with E-state index in [0.29, 0.717) is 13.2 Å². The van der Waals surface area contributed by atoms with Crippen LogP contribution in [0.1, 0.15) is 19.2 Å². The Balaban J connectivity index is 1.52. The molecule has 2 fully saturated rings. The van der Waals surface area contributed by atoms with Crippen molar-refractivity contribution in [2.75, 3.05) is 26.2 Å². The predicted octanol–water partition coefficient (Wildman–Crippen LogP) is 1.39. The van der Waals surface area contributed by atoms with Crippen LogP contribution in [0.15, 0.2) is 24.3 Å². The summed E-state index contributed by atoms with van der Waals surface area (Å²) in [5.41, 5.74) is 2.20. The maximum atomic E-state index is 11.9. The number of hydrogen-bond donors (Lipinski definition) is 0. The number of benzene rings is 1. The van der Waals surface area contributed by atoms with Crippen LogP contribution < -0.4 is 0 Å². The smallest absolute Gasteiger partial charge is 0.219 e. The van der Waals surface area contributed by atoms with Crippen LogP contribution in [0, 0.1) is 0 Å². The molecule has 0 radical (unpaired) electrons. The van der Waals surface area contributed by atoms with E-state index in [0.717, 1.165) is 42.9 Å². The molecule has 1 aromatic heterocycles. The molecule has 4 rings (SSSR count). The molecule has 2 aliphatic heterocycles. The second-order valence-electron chi connectivity index (χ2n) is 6.79. The van der Waals surface area contributed by atoms with Gasteiger partial charge in [-0.15, -0.1) is 0 Å². The molecule has 2 aromatic rings. The predicted molar refractivity (Wildman–Crippen MR) is 91.5 cm³/mol. The molecule has 0 bridgehead atoms. The van der Waals surface area contributed by atoms with Gasteiger partial charge in [-0.1, -0.05) is 12.1 Å². The molecule has 0 saturated carbocycles. The number of fused-ring (bicyclic) bond motifs is 2. The Hall–Kier alpha value is -1.92. The van der Waals surface area contributed by atoms with Crippen LogP contribution in [-0.2, 0) is 23.1 Å². The summed E-state index contributed by atoms with van der Waals surface area (Å²) < 4.78 is 8.06. The molecule has 2 saturated heterocycles. The largest absolute Gasteiger partial charge is 0.374 e. The Labute approximate surface area is 142 Å². The van der Waals surface area contributed by atoms with Gasteiger partial charge in [-0.3, -0.25) is 9.69 Å². The van der Waals surface area contributed by atoms with Gasteiger partial charge in [-0.2, -0.15) is 0 Å². The van der Waals surface area contributed by atoms with Crippen LogP contribution in [0.5, 0.6) is 0 Å². The molecule has 0 aliphatic carbocycles. The first-order chi connectivity index (χ1) is 11.6. The van der Waals surface area contributed by atoms with E-state index in [-0.39, 0.29) is 18.1 Å². The molecule has 1 aromatic carbocycles. The molecule has 2 aliphatic rings. The van der Waals surface area contributed by atoms with E-state index in [1.165, 1.54) is 0 Å². The van der Waals surface area contributed by atoms with E-state index in [1.54, 1.807) is 6.92 Å². The van der Waals surface area contributed by atoms with Gasteiger partial charge in [0, 0.05) is 33.6 Å². The van der Waals surface area contributed by atoms with E-state index >= 15 is 0 Å². The van der Waals surface area contributed by atoms with E-state index in [9.17, 15) is 4.79 Å². The first-order valence-corrected chi connectivity index (χ1v) is 8.65. The van der Waals surface area contributed by atoms with Crippen LogP contribution in [0.2, 0.25) is 0 Å². The lowest BCUT2D eigenvalue weighted by molar-refractivity contribution is -0.150. The third-order valence-electron chi connectivity index (χ3n) is 5.32.